The molecule has 0 aliphatic carbocycles. The number of ether oxygens (including phenoxy) is 2. The number of para-hydroxylation sites is 2. The predicted octanol–water partition coefficient (Wildman–Crippen LogP) is 3.18. The first kappa shape index (κ1) is 18.8. The average Bonchev–Trinajstić information content (AvgIpc) is 2.43. The molecular weight excluding hydrogens is 296 g/mol. The van der Waals surface area contributed by atoms with Crippen LogP contribution in [0.1, 0.15) is 34.6 Å². The highest BCUT2D eigenvalue weighted by Crippen LogP contribution is 2.23. The maximum atomic E-state index is 12.5. The van der Waals surface area contributed by atoms with Crippen LogP contribution in [0.25, 0.3) is 0 Å². The lowest BCUT2D eigenvalue weighted by Gasteiger charge is -2.25. The highest BCUT2D eigenvalue weighted by atomic mass is 16.6. The summed E-state index contributed by atoms with van der Waals surface area (Å²) in [5, 5.41) is 5.39. The molecule has 1 rings (SSSR count). The number of carbonyl (C=O) groups is 2. The first-order valence-electron chi connectivity index (χ1n) is 7.57. The van der Waals surface area contributed by atoms with Crippen molar-refractivity contribution in [2.24, 2.45) is 5.92 Å². The van der Waals surface area contributed by atoms with Crippen LogP contribution in [0, 0.1) is 5.92 Å². The molecule has 0 radical (unpaired) electrons. The second kappa shape index (κ2) is 7.85. The van der Waals surface area contributed by atoms with Gasteiger partial charge in [-0.3, -0.25) is 4.79 Å². The molecule has 0 saturated carbocycles. The van der Waals surface area contributed by atoms with E-state index in [1.54, 1.807) is 39.0 Å². The summed E-state index contributed by atoms with van der Waals surface area (Å²) in [4.78, 5) is 24.4. The van der Waals surface area contributed by atoms with Crippen LogP contribution in [-0.2, 0) is 9.53 Å². The number of alkyl carbamates (subject to hydrolysis) is 1. The smallest absolute Gasteiger partial charge is 0.408 e. The number of hydrogen-bond donors (Lipinski definition) is 2. The van der Waals surface area contributed by atoms with E-state index in [1.807, 2.05) is 19.9 Å². The molecule has 0 aliphatic rings. The van der Waals surface area contributed by atoms with Gasteiger partial charge in [0.25, 0.3) is 0 Å². The van der Waals surface area contributed by atoms with Crippen molar-refractivity contribution >= 4 is 17.7 Å². The van der Waals surface area contributed by atoms with Crippen LogP contribution in [-0.4, -0.2) is 30.8 Å². The van der Waals surface area contributed by atoms with Crippen molar-refractivity contribution in [3.8, 4) is 5.75 Å². The van der Waals surface area contributed by atoms with Gasteiger partial charge in [0, 0.05) is 0 Å². The monoisotopic (exact) mass is 322 g/mol. The Hall–Kier alpha value is -2.24. The van der Waals surface area contributed by atoms with Gasteiger partial charge in [0.05, 0.1) is 12.8 Å². The SMILES string of the molecule is COc1ccccc1NC(=O)C(NC(=O)OC(C)(C)C)C(C)C. The summed E-state index contributed by atoms with van der Waals surface area (Å²) in [6.07, 6.45) is -0.619. The lowest BCUT2D eigenvalue weighted by molar-refractivity contribution is -0.119. The number of rotatable bonds is 5. The van der Waals surface area contributed by atoms with Crippen molar-refractivity contribution in [3.05, 3.63) is 24.3 Å². The lowest BCUT2D eigenvalue weighted by atomic mass is 10.0. The van der Waals surface area contributed by atoms with Gasteiger partial charge in [-0.25, -0.2) is 4.79 Å². The Morgan fingerprint density at radius 2 is 1.74 bits per heavy atom. The van der Waals surface area contributed by atoms with Gasteiger partial charge >= 0.3 is 6.09 Å². The highest BCUT2D eigenvalue weighted by Gasteiger charge is 2.27. The molecular formula is C17H26N2O4. The molecule has 6 heteroatoms. The molecule has 128 valence electrons. The molecule has 1 aromatic rings. The van der Waals surface area contributed by atoms with Gasteiger partial charge in [0.2, 0.25) is 5.91 Å². The van der Waals surface area contributed by atoms with E-state index in [0.29, 0.717) is 11.4 Å². The fourth-order valence-corrected chi connectivity index (χ4v) is 1.93. The number of benzene rings is 1. The molecule has 0 aliphatic heterocycles. The van der Waals surface area contributed by atoms with E-state index in [0.717, 1.165) is 0 Å². The topological polar surface area (TPSA) is 76.7 Å². The molecule has 0 bridgehead atoms. The standard InChI is InChI=1S/C17H26N2O4/c1-11(2)14(19-16(21)23-17(3,4)5)15(20)18-12-9-7-8-10-13(12)22-6/h7-11,14H,1-6H3,(H,18,20)(H,19,21). The molecule has 1 unspecified atom stereocenters. The number of hydrogen-bond acceptors (Lipinski definition) is 4. The Kier molecular flexibility index (Phi) is 6.42. The first-order chi connectivity index (χ1) is 10.6. The van der Waals surface area contributed by atoms with Crippen molar-refractivity contribution < 1.29 is 19.1 Å². The van der Waals surface area contributed by atoms with Crippen LogP contribution in [0.15, 0.2) is 24.3 Å². The quantitative estimate of drug-likeness (QED) is 0.873. The molecule has 0 saturated heterocycles. The molecule has 2 amide bonds. The van der Waals surface area contributed by atoms with Crippen molar-refractivity contribution in [1.82, 2.24) is 5.32 Å². The fourth-order valence-electron chi connectivity index (χ4n) is 1.93. The van der Waals surface area contributed by atoms with Gasteiger partial charge in [-0.15, -0.1) is 0 Å². The Labute approximate surface area is 137 Å². The normalized spacial score (nSPS) is 12.5. The van der Waals surface area contributed by atoms with Crippen molar-refractivity contribution in [2.75, 3.05) is 12.4 Å². The third-order valence-electron chi connectivity index (χ3n) is 2.99. The van der Waals surface area contributed by atoms with Crippen molar-refractivity contribution in [3.63, 3.8) is 0 Å². The third-order valence-corrected chi connectivity index (χ3v) is 2.99. The molecule has 1 aromatic carbocycles. The molecule has 0 fully saturated rings. The number of methoxy groups -OCH3 is 1. The van der Waals surface area contributed by atoms with E-state index in [2.05, 4.69) is 10.6 Å². The molecule has 0 aromatic heterocycles. The molecule has 23 heavy (non-hydrogen) atoms. The van der Waals surface area contributed by atoms with E-state index >= 15 is 0 Å². The van der Waals surface area contributed by atoms with Crippen LogP contribution in [0.3, 0.4) is 0 Å². The van der Waals surface area contributed by atoms with E-state index in [9.17, 15) is 9.59 Å². The summed E-state index contributed by atoms with van der Waals surface area (Å²) in [7, 11) is 1.53. The maximum Gasteiger partial charge on any atom is 0.408 e. The second-order valence-electron chi connectivity index (χ2n) is 6.56. The minimum atomic E-state index is -0.713. The van der Waals surface area contributed by atoms with Crippen LogP contribution in [0.2, 0.25) is 0 Å². The maximum absolute atomic E-state index is 12.5. The van der Waals surface area contributed by atoms with Crippen molar-refractivity contribution in [2.45, 2.75) is 46.3 Å². The summed E-state index contributed by atoms with van der Waals surface area (Å²) in [6.45, 7) is 9.01. The van der Waals surface area contributed by atoms with Crippen LogP contribution >= 0.6 is 0 Å². The zero-order valence-electron chi connectivity index (χ0n) is 14.6. The average molecular weight is 322 g/mol. The Balaban J connectivity index is 2.81. The molecule has 2 N–H and O–H groups in total. The van der Waals surface area contributed by atoms with Gasteiger partial charge in [0.15, 0.2) is 0 Å². The summed E-state index contributed by atoms with van der Waals surface area (Å²) >= 11 is 0. The Bertz CT molecular complexity index is 550. The van der Waals surface area contributed by atoms with Gasteiger partial charge in [-0.1, -0.05) is 26.0 Å². The van der Waals surface area contributed by atoms with Crippen LogP contribution in [0.5, 0.6) is 5.75 Å². The summed E-state index contributed by atoms with van der Waals surface area (Å²) in [6, 6.07) is 6.38. The minimum absolute atomic E-state index is 0.0998. The highest BCUT2D eigenvalue weighted by molar-refractivity contribution is 5.97. The number of anilines is 1. The minimum Gasteiger partial charge on any atom is -0.495 e. The van der Waals surface area contributed by atoms with Gasteiger partial charge in [-0.05, 0) is 38.8 Å². The van der Waals surface area contributed by atoms with Gasteiger partial charge in [-0.2, -0.15) is 0 Å². The number of amides is 2. The summed E-state index contributed by atoms with van der Waals surface area (Å²) in [5.74, 6) is 0.133. The van der Waals surface area contributed by atoms with Crippen LogP contribution < -0.4 is 15.4 Å². The molecule has 0 spiro atoms. The fraction of sp³-hybridized carbons (Fsp3) is 0.529. The van der Waals surface area contributed by atoms with Gasteiger partial charge < -0.3 is 20.1 Å². The van der Waals surface area contributed by atoms with E-state index in [1.165, 1.54) is 7.11 Å². The van der Waals surface area contributed by atoms with E-state index in [4.69, 9.17) is 9.47 Å². The number of nitrogens with one attached hydrogen (secondary N) is 2. The zero-order chi connectivity index (χ0) is 17.6. The third kappa shape index (κ3) is 6.18. The lowest BCUT2D eigenvalue weighted by Crippen LogP contribution is -2.48. The van der Waals surface area contributed by atoms with Crippen LogP contribution in [0.4, 0.5) is 10.5 Å². The summed E-state index contributed by atoms with van der Waals surface area (Å²) in [5.41, 5.74) is -0.0679. The predicted molar refractivity (Wildman–Crippen MR) is 89.6 cm³/mol. The first-order valence-corrected chi connectivity index (χ1v) is 7.57. The van der Waals surface area contributed by atoms with Gasteiger partial charge in [0.1, 0.15) is 17.4 Å². The Morgan fingerprint density at radius 1 is 1.13 bits per heavy atom. The Morgan fingerprint density at radius 3 is 2.26 bits per heavy atom. The van der Waals surface area contributed by atoms with E-state index in [-0.39, 0.29) is 11.8 Å². The molecule has 6 nitrogen and oxygen atoms in total. The zero-order valence-corrected chi connectivity index (χ0v) is 14.6. The van der Waals surface area contributed by atoms with Crippen molar-refractivity contribution in [1.29, 1.82) is 0 Å². The molecule has 0 heterocycles. The number of carbonyl (C=O) groups excluding carboxylic acids is 2. The summed E-state index contributed by atoms with van der Waals surface area (Å²) < 4.78 is 10.4. The largest absolute Gasteiger partial charge is 0.495 e. The van der Waals surface area contributed by atoms with E-state index < -0.39 is 17.7 Å². The second-order valence-corrected chi connectivity index (χ2v) is 6.56. The molecule has 1 atom stereocenters.